The van der Waals surface area contributed by atoms with Gasteiger partial charge in [-0.05, 0) is 37.1 Å². The average Bonchev–Trinajstić information content (AvgIpc) is 2.62. The Kier molecular flexibility index (Phi) is 5.32. The number of allylic oxidation sites excluding steroid dienone is 1. The van der Waals surface area contributed by atoms with Crippen molar-refractivity contribution in [2.24, 2.45) is 5.10 Å². The standard InChI is InChI=1S/C21H25N3/c1-18-8-10-21(11-9-18)23-12-14-24(15-13-23)22-17-19(2)16-20-6-4-3-5-7-20/h3-11,16-17H,12-15H2,1-2H3/b19-16+,22-17+. The normalized spacial score (nSPS) is 16.0. The number of hydrogen-bond donors (Lipinski definition) is 0. The van der Waals surface area contributed by atoms with E-state index in [9.17, 15) is 0 Å². The van der Waals surface area contributed by atoms with Crippen LogP contribution in [0.1, 0.15) is 18.1 Å². The quantitative estimate of drug-likeness (QED) is 0.786. The van der Waals surface area contributed by atoms with Gasteiger partial charge >= 0.3 is 0 Å². The van der Waals surface area contributed by atoms with Gasteiger partial charge < -0.3 is 4.90 Å². The van der Waals surface area contributed by atoms with Crippen molar-refractivity contribution >= 4 is 18.0 Å². The van der Waals surface area contributed by atoms with E-state index in [0.717, 1.165) is 26.2 Å². The summed E-state index contributed by atoms with van der Waals surface area (Å²) in [6, 6.07) is 19.1. The Bertz CT molecular complexity index is 694. The van der Waals surface area contributed by atoms with Crippen molar-refractivity contribution in [3.8, 4) is 0 Å². The van der Waals surface area contributed by atoms with Crippen LogP contribution < -0.4 is 4.90 Å². The Morgan fingerprint density at radius 3 is 2.25 bits per heavy atom. The predicted octanol–water partition coefficient (Wildman–Crippen LogP) is 4.21. The molecule has 0 unspecified atom stereocenters. The monoisotopic (exact) mass is 319 g/mol. The number of benzene rings is 2. The first-order valence-electron chi connectivity index (χ1n) is 8.54. The van der Waals surface area contributed by atoms with E-state index in [1.807, 2.05) is 12.3 Å². The maximum atomic E-state index is 4.63. The molecule has 3 rings (SSSR count). The van der Waals surface area contributed by atoms with Crippen LogP contribution in [-0.2, 0) is 0 Å². The molecule has 0 aliphatic carbocycles. The van der Waals surface area contributed by atoms with Gasteiger partial charge in [-0.2, -0.15) is 5.10 Å². The van der Waals surface area contributed by atoms with Crippen LogP contribution >= 0.6 is 0 Å². The Morgan fingerprint density at radius 1 is 0.917 bits per heavy atom. The molecule has 1 saturated heterocycles. The first kappa shape index (κ1) is 16.3. The highest BCUT2D eigenvalue weighted by Crippen LogP contribution is 2.17. The minimum Gasteiger partial charge on any atom is -0.368 e. The van der Waals surface area contributed by atoms with E-state index >= 15 is 0 Å². The van der Waals surface area contributed by atoms with Gasteiger partial charge in [0.15, 0.2) is 0 Å². The summed E-state index contributed by atoms with van der Waals surface area (Å²) in [6.45, 7) is 8.18. The fraction of sp³-hybridized carbons (Fsp3) is 0.286. The molecule has 124 valence electrons. The maximum Gasteiger partial charge on any atom is 0.0536 e. The SMILES string of the molecule is CC(/C=N/N1CCN(c2ccc(C)cc2)CC1)=C\c1ccccc1. The van der Waals surface area contributed by atoms with E-state index in [4.69, 9.17) is 0 Å². The third-order valence-corrected chi connectivity index (χ3v) is 4.27. The number of hydrogen-bond acceptors (Lipinski definition) is 3. The third kappa shape index (κ3) is 4.48. The van der Waals surface area contributed by atoms with E-state index < -0.39 is 0 Å². The van der Waals surface area contributed by atoms with Crippen LogP contribution in [0.3, 0.4) is 0 Å². The average molecular weight is 319 g/mol. The fourth-order valence-corrected chi connectivity index (χ4v) is 2.85. The van der Waals surface area contributed by atoms with Crippen LogP contribution in [0.2, 0.25) is 0 Å². The molecule has 0 N–H and O–H groups in total. The molecule has 0 radical (unpaired) electrons. The van der Waals surface area contributed by atoms with Gasteiger partial charge in [0.2, 0.25) is 0 Å². The van der Waals surface area contributed by atoms with Crippen LogP contribution in [0, 0.1) is 6.92 Å². The lowest BCUT2D eigenvalue weighted by Crippen LogP contribution is -2.44. The molecule has 1 aliphatic heterocycles. The summed E-state index contributed by atoms with van der Waals surface area (Å²) in [6.07, 6.45) is 4.13. The number of nitrogens with zero attached hydrogens (tertiary/aromatic N) is 3. The molecule has 0 spiro atoms. The molecule has 3 heteroatoms. The van der Waals surface area contributed by atoms with Gasteiger partial charge in [0.25, 0.3) is 0 Å². The Labute approximate surface area is 144 Å². The van der Waals surface area contributed by atoms with Gasteiger partial charge in [-0.3, -0.25) is 5.01 Å². The number of aryl methyl sites for hydroxylation is 1. The molecule has 2 aromatic carbocycles. The van der Waals surface area contributed by atoms with Crippen molar-refractivity contribution in [3.05, 3.63) is 71.3 Å². The van der Waals surface area contributed by atoms with Crippen molar-refractivity contribution in [2.45, 2.75) is 13.8 Å². The largest absolute Gasteiger partial charge is 0.368 e. The number of hydrazone groups is 1. The highest BCUT2D eigenvalue weighted by atomic mass is 15.5. The van der Waals surface area contributed by atoms with Gasteiger partial charge in [0.1, 0.15) is 0 Å². The van der Waals surface area contributed by atoms with Crippen molar-refractivity contribution in [1.82, 2.24) is 5.01 Å². The van der Waals surface area contributed by atoms with E-state index in [1.54, 1.807) is 0 Å². The molecule has 3 nitrogen and oxygen atoms in total. The topological polar surface area (TPSA) is 18.8 Å². The molecular weight excluding hydrogens is 294 g/mol. The fourth-order valence-electron chi connectivity index (χ4n) is 2.85. The van der Waals surface area contributed by atoms with E-state index in [2.05, 4.69) is 83.5 Å². The lowest BCUT2D eigenvalue weighted by atomic mass is 10.1. The van der Waals surface area contributed by atoms with Gasteiger partial charge in [0, 0.05) is 25.0 Å². The predicted molar refractivity (Wildman–Crippen MR) is 104 cm³/mol. The Hall–Kier alpha value is -2.55. The smallest absolute Gasteiger partial charge is 0.0536 e. The zero-order valence-electron chi connectivity index (χ0n) is 14.5. The number of piperazine rings is 1. The van der Waals surface area contributed by atoms with Crippen molar-refractivity contribution in [2.75, 3.05) is 31.1 Å². The molecule has 1 heterocycles. The molecule has 1 aliphatic rings. The summed E-state index contributed by atoms with van der Waals surface area (Å²) in [5.41, 5.74) is 5.00. The molecule has 1 fully saturated rings. The molecule has 0 aromatic heterocycles. The Morgan fingerprint density at radius 2 is 1.58 bits per heavy atom. The molecule has 0 amide bonds. The summed E-state index contributed by atoms with van der Waals surface area (Å²) < 4.78 is 0. The molecule has 0 atom stereocenters. The van der Waals surface area contributed by atoms with E-state index in [-0.39, 0.29) is 0 Å². The summed E-state index contributed by atoms with van der Waals surface area (Å²) in [7, 11) is 0. The Balaban J connectivity index is 1.53. The third-order valence-electron chi connectivity index (χ3n) is 4.27. The second-order valence-corrected chi connectivity index (χ2v) is 6.32. The van der Waals surface area contributed by atoms with Crippen LogP contribution in [0.15, 0.2) is 65.3 Å². The molecular formula is C21H25N3. The van der Waals surface area contributed by atoms with Crippen LogP contribution in [0.25, 0.3) is 6.08 Å². The van der Waals surface area contributed by atoms with Gasteiger partial charge in [-0.1, -0.05) is 54.1 Å². The first-order valence-corrected chi connectivity index (χ1v) is 8.54. The zero-order valence-corrected chi connectivity index (χ0v) is 14.5. The second-order valence-electron chi connectivity index (χ2n) is 6.32. The minimum absolute atomic E-state index is 0.961. The van der Waals surface area contributed by atoms with Crippen molar-refractivity contribution in [1.29, 1.82) is 0 Å². The van der Waals surface area contributed by atoms with Crippen LogP contribution in [0.4, 0.5) is 5.69 Å². The van der Waals surface area contributed by atoms with Gasteiger partial charge in [-0.25, -0.2) is 0 Å². The summed E-state index contributed by atoms with van der Waals surface area (Å²) >= 11 is 0. The van der Waals surface area contributed by atoms with E-state index in [0.29, 0.717) is 0 Å². The highest BCUT2D eigenvalue weighted by Gasteiger charge is 2.15. The summed E-state index contributed by atoms with van der Waals surface area (Å²) in [5, 5.41) is 6.79. The minimum atomic E-state index is 0.961. The summed E-state index contributed by atoms with van der Waals surface area (Å²) in [5.74, 6) is 0. The molecule has 0 saturated carbocycles. The lowest BCUT2D eigenvalue weighted by molar-refractivity contribution is 0.272. The van der Waals surface area contributed by atoms with Crippen molar-refractivity contribution in [3.63, 3.8) is 0 Å². The molecule has 0 bridgehead atoms. The number of anilines is 1. The molecule has 2 aromatic rings. The van der Waals surface area contributed by atoms with Gasteiger partial charge in [0.05, 0.1) is 13.1 Å². The zero-order chi connectivity index (χ0) is 16.8. The molecule has 24 heavy (non-hydrogen) atoms. The first-order chi connectivity index (χ1) is 11.7. The highest BCUT2D eigenvalue weighted by molar-refractivity contribution is 5.84. The van der Waals surface area contributed by atoms with E-state index in [1.165, 1.54) is 22.4 Å². The lowest BCUT2D eigenvalue weighted by Gasteiger charge is -2.34. The summed E-state index contributed by atoms with van der Waals surface area (Å²) in [4.78, 5) is 2.43. The van der Waals surface area contributed by atoms with Crippen LogP contribution in [-0.4, -0.2) is 37.4 Å². The van der Waals surface area contributed by atoms with Gasteiger partial charge in [-0.15, -0.1) is 0 Å². The van der Waals surface area contributed by atoms with Crippen LogP contribution in [0.5, 0.6) is 0 Å². The second kappa shape index (κ2) is 7.82. The maximum absolute atomic E-state index is 4.63. The number of rotatable bonds is 4. The van der Waals surface area contributed by atoms with Crippen molar-refractivity contribution < 1.29 is 0 Å².